The Bertz CT molecular complexity index is 821. The topological polar surface area (TPSA) is 84.4 Å². The molecule has 1 aromatic heterocycles. The first-order valence-electron chi connectivity index (χ1n) is 7.40. The predicted molar refractivity (Wildman–Crippen MR) is 92.1 cm³/mol. The number of hydrogen-bond acceptors (Lipinski definition) is 6. The van der Waals surface area contributed by atoms with Gasteiger partial charge in [-0.2, -0.15) is 0 Å². The van der Waals surface area contributed by atoms with Crippen LogP contribution in [0.1, 0.15) is 5.56 Å². The van der Waals surface area contributed by atoms with Crippen LogP contribution < -0.4 is 9.62 Å². The largest absolute Gasteiger partial charge is 0.378 e. The average Bonchev–Trinajstić information content (AvgIpc) is 2.58. The lowest BCUT2D eigenvalue weighted by atomic mass is 10.2. The number of hydrogen-bond donors (Lipinski definition) is 1. The number of rotatable bonds is 4. The molecule has 0 radical (unpaired) electrons. The van der Waals surface area contributed by atoms with E-state index in [-0.39, 0.29) is 4.90 Å². The van der Waals surface area contributed by atoms with Gasteiger partial charge in [-0.3, -0.25) is 4.72 Å². The molecular weight excluding hydrogens is 352 g/mol. The highest BCUT2D eigenvalue weighted by Crippen LogP contribution is 2.24. The Kier molecular flexibility index (Phi) is 4.88. The third kappa shape index (κ3) is 3.61. The van der Waals surface area contributed by atoms with E-state index in [2.05, 4.69) is 14.7 Å². The number of morpholine rings is 1. The summed E-state index contributed by atoms with van der Waals surface area (Å²) in [4.78, 5) is 10.6. The van der Waals surface area contributed by atoms with Crippen LogP contribution in [0.2, 0.25) is 5.02 Å². The molecule has 0 aliphatic carbocycles. The van der Waals surface area contributed by atoms with E-state index in [0.29, 0.717) is 48.5 Å². The first-order chi connectivity index (χ1) is 11.5. The van der Waals surface area contributed by atoms with Crippen molar-refractivity contribution < 1.29 is 13.2 Å². The van der Waals surface area contributed by atoms with Crippen molar-refractivity contribution in [2.24, 2.45) is 0 Å². The van der Waals surface area contributed by atoms with Crippen LogP contribution in [-0.2, 0) is 14.8 Å². The third-order valence-corrected chi connectivity index (χ3v) is 5.63. The standard InChI is InChI=1S/C15H17ClN4O3S/c1-11-13(16)3-2-4-14(11)24(21,22)19-12-9-17-15(18-10-12)20-5-7-23-8-6-20/h2-4,9-10,19H,5-8H2,1H3. The molecule has 1 N–H and O–H groups in total. The molecule has 0 saturated carbocycles. The van der Waals surface area contributed by atoms with E-state index >= 15 is 0 Å². The number of benzene rings is 1. The van der Waals surface area contributed by atoms with Gasteiger partial charge >= 0.3 is 0 Å². The molecule has 2 heterocycles. The van der Waals surface area contributed by atoms with E-state index in [4.69, 9.17) is 16.3 Å². The maximum Gasteiger partial charge on any atom is 0.262 e. The maximum atomic E-state index is 12.5. The van der Waals surface area contributed by atoms with Crippen molar-refractivity contribution in [2.45, 2.75) is 11.8 Å². The first-order valence-corrected chi connectivity index (χ1v) is 9.26. The Labute approximate surface area is 145 Å². The zero-order valence-corrected chi connectivity index (χ0v) is 14.6. The summed E-state index contributed by atoms with van der Waals surface area (Å²) >= 11 is 6.00. The molecule has 1 aromatic carbocycles. The SMILES string of the molecule is Cc1c(Cl)cccc1S(=O)(=O)Nc1cnc(N2CCOCC2)nc1. The molecule has 0 amide bonds. The molecule has 1 aliphatic rings. The first kappa shape index (κ1) is 16.9. The number of sulfonamides is 1. The number of anilines is 2. The van der Waals surface area contributed by atoms with Gasteiger partial charge in [0.1, 0.15) is 0 Å². The van der Waals surface area contributed by atoms with Gasteiger partial charge < -0.3 is 9.64 Å². The van der Waals surface area contributed by atoms with Gasteiger partial charge in [0.2, 0.25) is 5.95 Å². The molecule has 0 unspecified atom stereocenters. The van der Waals surface area contributed by atoms with Crippen LogP contribution in [0.3, 0.4) is 0 Å². The third-order valence-electron chi connectivity index (χ3n) is 3.69. The quantitative estimate of drug-likeness (QED) is 0.889. The van der Waals surface area contributed by atoms with Gasteiger partial charge in [-0.05, 0) is 24.6 Å². The molecule has 7 nitrogen and oxygen atoms in total. The second-order valence-electron chi connectivity index (χ2n) is 5.34. The van der Waals surface area contributed by atoms with Gasteiger partial charge in [-0.25, -0.2) is 18.4 Å². The highest BCUT2D eigenvalue weighted by Gasteiger charge is 2.19. The molecule has 1 saturated heterocycles. The fourth-order valence-electron chi connectivity index (χ4n) is 2.39. The monoisotopic (exact) mass is 368 g/mol. The second kappa shape index (κ2) is 6.92. The molecule has 24 heavy (non-hydrogen) atoms. The van der Waals surface area contributed by atoms with Gasteiger partial charge in [-0.15, -0.1) is 0 Å². The number of nitrogens with one attached hydrogen (secondary N) is 1. The van der Waals surface area contributed by atoms with Crippen LogP contribution in [0.5, 0.6) is 0 Å². The summed E-state index contributed by atoms with van der Waals surface area (Å²) in [6, 6.07) is 4.75. The van der Waals surface area contributed by atoms with E-state index in [1.54, 1.807) is 19.1 Å². The van der Waals surface area contributed by atoms with E-state index < -0.39 is 10.0 Å². The van der Waals surface area contributed by atoms with Crippen LogP contribution in [0.25, 0.3) is 0 Å². The van der Waals surface area contributed by atoms with Crippen molar-refractivity contribution in [3.05, 3.63) is 41.2 Å². The van der Waals surface area contributed by atoms with Gasteiger partial charge in [0.25, 0.3) is 10.0 Å². The molecule has 0 atom stereocenters. The van der Waals surface area contributed by atoms with Crippen molar-refractivity contribution in [1.29, 1.82) is 0 Å². The number of aromatic nitrogens is 2. The fraction of sp³-hybridized carbons (Fsp3) is 0.333. The maximum absolute atomic E-state index is 12.5. The molecule has 1 aliphatic heterocycles. The lowest BCUT2D eigenvalue weighted by Gasteiger charge is -2.26. The summed E-state index contributed by atoms with van der Waals surface area (Å²) in [5.41, 5.74) is 0.795. The number of ether oxygens (including phenoxy) is 1. The number of nitrogens with zero attached hydrogens (tertiary/aromatic N) is 3. The van der Waals surface area contributed by atoms with E-state index in [1.807, 2.05) is 4.90 Å². The summed E-state index contributed by atoms with van der Waals surface area (Å²) in [6.45, 7) is 4.35. The van der Waals surface area contributed by atoms with Gasteiger partial charge in [-0.1, -0.05) is 17.7 Å². The zero-order chi connectivity index (χ0) is 17.2. The molecule has 9 heteroatoms. The van der Waals surface area contributed by atoms with Crippen LogP contribution in [0, 0.1) is 6.92 Å². The highest BCUT2D eigenvalue weighted by atomic mass is 35.5. The minimum absolute atomic E-state index is 0.132. The normalized spacial score (nSPS) is 15.3. The fourth-order valence-corrected chi connectivity index (χ4v) is 3.92. The Balaban J connectivity index is 1.79. The van der Waals surface area contributed by atoms with Crippen LogP contribution >= 0.6 is 11.6 Å². The van der Waals surface area contributed by atoms with E-state index in [9.17, 15) is 8.42 Å². The Morgan fingerprint density at radius 1 is 1.21 bits per heavy atom. The molecule has 2 aromatic rings. The smallest absolute Gasteiger partial charge is 0.262 e. The summed E-state index contributed by atoms with van der Waals surface area (Å²) < 4.78 is 32.8. The molecule has 1 fully saturated rings. The summed E-state index contributed by atoms with van der Waals surface area (Å²) in [7, 11) is -3.75. The Hall–Kier alpha value is -1.90. The van der Waals surface area contributed by atoms with Crippen molar-refractivity contribution in [2.75, 3.05) is 35.9 Å². The lowest BCUT2D eigenvalue weighted by molar-refractivity contribution is 0.122. The Morgan fingerprint density at radius 3 is 2.54 bits per heavy atom. The minimum Gasteiger partial charge on any atom is -0.378 e. The molecule has 0 spiro atoms. The average molecular weight is 369 g/mol. The van der Waals surface area contributed by atoms with Crippen molar-refractivity contribution >= 4 is 33.3 Å². The van der Waals surface area contributed by atoms with Gasteiger partial charge in [0.05, 0.1) is 36.2 Å². The molecule has 3 rings (SSSR count). The van der Waals surface area contributed by atoms with E-state index in [1.165, 1.54) is 18.5 Å². The van der Waals surface area contributed by atoms with E-state index in [0.717, 1.165) is 0 Å². The summed E-state index contributed by atoms with van der Waals surface area (Å²) in [5, 5.41) is 0.400. The molecule has 0 bridgehead atoms. The van der Waals surface area contributed by atoms with Crippen LogP contribution in [0.4, 0.5) is 11.6 Å². The van der Waals surface area contributed by atoms with Crippen LogP contribution in [0.15, 0.2) is 35.5 Å². The van der Waals surface area contributed by atoms with Gasteiger partial charge in [0, 0.05) is 18.1 Å². The highest BCUT2D eigenvalue weighted by molar-refractivity contribution is 7.92. The van der Waals surface area contributed by atoms with Crippen molar-refractivity contribution in [3.63, 3.8) is 0 Å². The molecular formula is C15H17ClN4O3S. The zero-order valence-electron chi connectivity index (χ0n) is 13.1. The van der Waals surface area contributed by atoms with Crippen molar-refractivity contribution in [1.82, 2.24) is 9.97 Å². The number of halogens is 1. The Morgan fingerprint density at radius 2 is 1.88 bits per heavy atom. The van der Waals surface area contributed by atoms with Crippen LogP contribution in [-0.4, -0.2) is 44.7 Å². The minimum atomic E-state index is -3.75. The second-order valence-corrected chi connectivity index (χ2v) is 7.40. The molecule has 128 valence electrons. The summed E-state index contributed by atoms with van der Waals surface area (Å²) in [5.74, 6) is 0.556. The van der Waals surface area contributed by atoms with Crippen molar-refractivity contribution in [3.8, 4) is 0 Å². The van der Waals surface area contributed by atoms with Gasteiger partial charge in [0.15, 0.2) is 0 Å². The predicted octanol–water partition coefficient (Wildman–Crippen LogP) is 2.08. The summed E-state index contributed by atoms with van der Waals surface area (Å²) in [6.07, 6.45) is 2.91. The lowest BCUT2D eigenvalue weighted by Crippen LogP contribution is -2.37.